The van der Waals surface area contributed by atoms with Crippen molar-refractivity contribution in [3.05, 3.63) is 81.0 Å². The zero-order chi connectivity index (χ0) is 28.3. The van der Waals surface area contributed by atoms with Gasteiger partial charge >= 0.3 is 0 Å². The Morgan fingerprint density at radius 3 is 2.62 bits per heavy atom. The van der Waals surface area contributed by atoms with Crippen LogP contribution >= 0.6 is 11.3 Å². The van der Waals surface area contributed by atoms with Crippen LogP contribution in [0.3, 0.4) is 0 Å². The quantitative estimate of drug-likeness (QED) is 0.112. The molecule has 5 N–H and O–H groups in total. The number of aliphatic imine (C=N–C) groups is 1. The Hall–Kier alpha value is -3.00. The number of allylic oxidation sites excluding steroid dienone is 3. The molecule has 3 rings (SSSR count). The standard InChI is InChI=1S/C27H35N5OS.C4H10O/c1-4-16-29-18-22(26-32-23-14-10-5-6-11-15-25(23)34-26)20(2)17-30-27(28-3)31-19-24(33)21-12-8-7-9-13-21;1-2-3-4-5/h5-10,12-13,15,24,29,33H,4,14,16-19H2,1-3H3,(H2,28,30,31);5H,2-4H2,1H3/b10-5-,22-20+;. The van der Waals surface area contributed by atoms with Crippen LogP contribution in [0, 0.1) is 0 Å². The monoisotopic (exact) mass is 551 g/mol. The van der Waals surface area contributed by atoms with E-state index in [0.29, 0.717) is 25.7 Å². The first-order chi connectivity index (χ1) is 19.0. The number of rotatable bonds is 12. The average Bonchev–Trinajstić information content (AvgIpc) is 3.33. The molecule has 8 heteroatoms. The van der Waals surface area contributed by atoms with Crippen molar-refractivity contribution in [2.75, 3.05) is 39.8 Å². The Balaban J connectivity index is 0.000000976. The van der Waals surface area contributed by atoms with Gasteiger partial charge in [-0.1, -0.05) is 62.8 Å². The van der Waals surface area contributed by atoms with E-state index in [1.807, 2.05) is 48.6 Å². The van der Waals surface area contributed by atoms with Crippen molar-refractivity contribution in [1.29, 1.82) is 0 Å². The average molecular weight is 552 g/mol. The van der Waals surface area contributed by atoms with E-state index in [0.717, 1.165) is 59.9 Å². The van der Waals surface area contributed by atoms with Gasteiger partial charge in [0, 0.05) is 45.3 Å². The van der Waals surface area contributed by atoms with Crippen molar-refractivity contribution >= 4 is 28.9 Å². The first-order valence-electron chi connectivity index (χ1n) is 13.8. The summed E-state index contributed by atoms with van der Waals surface area (Å²) in [5, 5.41) is 29.7. The van der Waals surface area contributed by atoms with Crippen molar-refractivity contribution in [2.45, 2.75) is 52.6 Å². The summed E-state index contributed by atoms with van der Waals surface area (Å²) in [6.45, 7) is 9.43. The Kier molecular flexibility index (Phi) is 15.8. The van der Waals surface area contributed by atoms with Crippen LogP contribution in [0.2, 0.25) is 0 Å². The van der Waals surface area contributed by atoms with Crippen molar-refractivity contribution in [1.82, 2.24) is 20.9 Å². The third-order valence-electron chi connectivity index (χ3n) is 5.99. The predicted molar refractivity (Wildman–Crippen MR) is 166 cm³/mol. The van der Waals surface area contributed by atoms with Gasteiger partial charge in [-0.2, -0.15) is 0 Å². The van der Waals surface area contributed by atoms with Gasteiger partial charge in [0.25, 0.3) is 0 Å². The molecule has 39 heavy (non-hydrogen) atoms. The number of unbranched alkanes of at least 4 members (excludes halogenated alkanes) is 1. The van der Waals surface area contributed by atoms with Crippen molar-refractivity contribution in [3.63, 3.8) is 0 Å². The Morgan fingerprint density at radius 1 is 1.15 bits per heavy atom. The second-order valence-electron chi connectivity index (χ2n) is 9.19. The third-order valence-corrected chi connectivity index (χ3v) is 7.09. The molecule has 1 aliphatic rings. The van der Waals surface area contributed by atoms with E-state index in [2.05, 4.69) is 53.5 Å². The highest BCUT2D eigenvalue weighted by molar-refractivity contribution is 7.13. The second-order valence-corrected chi connectivity index (χ2v) is 10.2. The minimum absolute atomic E-state index is 0.344. The summed E-state index contributed by atoms with van der Waals surface area (Å²) in [5.41, 5.74) is 7.59. The number of benzene rings is 1. The number of fused-ring (bicyclic) bond motifs is 1. The number of hydrogen-bond acceptors (Lipinski definition) is 6. The molecular weight excluding hydrogens is 506 g/mol. The highest BCUT2D eigenvalue weighted by Crippen LogP contribution is 2.28. The molecule has 7 nitrogen and oxygen atoms in total. The molecule has 1 unspecified atom stereocenters. The fourth-order valence-electron chi connectivity index (χ4n) is 3.67. The largest absolute Gasteiger partial charge is 0.396 e. The SMILES string of the molecule is CCCCO.CCCNC/C(=C(/C)CNC(=NC)NCC(O)c1ccccc1)c1nc2c(s1)C=C=C/C=C\C2. The number of hydrogen-bond donors (Lipinski definition) is 5. The number of nitrogens with zero attached hydrogens (tertiary/aromatic N) is 2. The molecule has 0 saturated carbocycles. The molecule has 2 aromatic rings. The molecule has 0 saturated heterocycles. The molecular formula is C31H45N5O2S. The fourth-order valence-corrected chi connectivity index (χ4v) is 4.77. The normalized spacial score (nSPS) is 14.8. The molecule has 1 atom stereocenters. The van der Waals surface area contributed by atoms with Crippen molar-refractivity contribution < 1.29 is 10.2 Å². The van der Waals surface area contributed by atoms with E-state index in [4.69, 9.17) is 10.1 Å². The zero-order valence-corrected chi connectivity index (χ0v) is 24.7. The number of aromatic nitrogens is 1. The summed E-state index contributed by atoms with van der Waals surface area (Å²) in [5.74, 6) is 0.653. The zero-order valence-electron chi connectivity index (χ0n) is 23.8. The van der Waals surface area contributed by atoms with Crippen LogP contribution in [0.1, 0.15) is 67.3 Å². The molecule has 0 radical (unpaired) electrons. The Morgan fingerprint density at radius 2 is 1.95 bits per heavy atom. The summed E-state index contributed by atoms with van der Waals surface area (Å²) in [4.78, 5) is 10.4. The number of thiazole rings is 1. The molecule has 212 valence electrons. The van der Waals surface area contributed by atoms with E-state index >= 15 is 0 Å². The molecule has 0 aliphatic heterocycles. The van der Waals surface area contributed by atoms with Gasteiger partial charge in [-0.15, -0.1) is 17.1 Å². The molecule has 1 heterocycles. The minimum Gasteiger partial charge on any atom is -0.396 e. The van der Waals surface area contributed by atoms with Crippen LogP contribution in [-0.2, 0) is 6.42 Å². The first-order valence-corrected chi connectivity index (χ1v) is 14.6. The molecule has 0 spiro atoms. The van der Waals surface area contributed by atoms with Gasteiger partial charge in [-0.3, -0.25) is 4.99 Å². The molecule has 1 aromatic heterocycles. The lowest BCUT2D eigenvalue weighted by molar-refractivity contribution is 0.181. The van der Waals surface area contributed by atoms with Gasteiger partial charge in [-0.25, -0.2) is 4.98 Å². The summed E-state index contributed by atoms with van der Waals surface area (Å²) < 4.78 is 0. The summed E-state index contributed by atoms with van der Waals surface area (Å²) in [6, 6.07) is 9.64. The lowest BCUT2D eigenvalue weighted by atomic mass is 10.1. The third kappa shape index (κ3) is 11.7. The molecule has 1 aliphatic carbocycles. The number of guanidine groups is 1. The first kappa shape index (κ1) is 32.2. The van der Waals surface area contributed by atoms with Gasteiger partial charge in [0.2, 0.25) is 0 Å². The number of aliphatic hydroxyl groups excluding tert-OH is 2. The van der Waals surface area contributed by atoms with Crippen LogP contribution in [0.4, 0.5) is 0 Å². The van der Waals surface area contributed by atoms with Crippen LogP contribution in [0.25, 0.3) is 11.6 Å². The maximum atomic E-state index is 10.4. The lowest BCUT2D eigenvalue weighted by Gasteiger charge is -2.17. The lowest BCUT2D eigenvalue weighted by Crippen LogP contribution is -2.40. The van der Waals surface area contributed by atoms with Gasteiger partial charge in [-0.05, 0) is 49.6 Å². The van der Waals surface area contributed by atoms with E-state index in [9.17, 15) is 5.11 Å². The van der Waals surface area contributed by atoms with Gasteiger partial charge < -0.3 is 26.2 Å². The topological polar surface area (TPSA) is 102 Å². The molecule has 1 aromatic carbocycles. The minimum atomic E-state index is -0.601. The van der Waals surface area contributed by atoms with Gasteiger partial charge in [0.15, 0.2) is 5.96 Å². The Labute approximate surface area is 238 Å². The number of nitrogens with one attached hydrogen (secondary N) is 3. The predicted octanol–water partition coefficient (Wildman–Crippen LogP) is 4.87. The van der Waals surface area contributed by atoms with Gasteiger partial charge in [0.1, 0.15) is 5.01 Å². The van der Waals surface area contributed by atoms with Crippen LogP contribution < -0.4 is 16.0 Å². The van der Waals surface area contributed by atoms with Crippen molar-refractivity contribution in [3.8, 4) is 0 Å². The van der Waals surface area contributed by atoms with E-state index < -0.39 is 6.10 Å². The highest BCUT2D eigenvalue weighted by atomic mass is 32.1. The van der Waals surface area contributed by atoms with Gasteiger partial charge in [0.05, 0.1) is 16.7 Å². The number of aliphatic hydroxyl groups is 2. The summed E-state index contributed by atoms with van der Waals surface area (Å²) in [7, 11) is 1.74. The highest BCUT2D eigenvalue weighted by Gasteiger charge is 2.15. The maximum absolute atomic E-state index is 10.4. The van der Waals surface area contributed by atoms with Crippen molar-refractivity contribution in [2.24, 2.45) is 4.99 Å². The van der Waals surface area contributed by atoms with Crippen LogP contribution in [0.15, 0.2) is 64.9 Å². The van der Waals surface area contributed by atoms with E-state index in [1.54, 1.807) is 18.4 Å². The summed E-state index contributed by atoms with van der Waals surface area (Å²) in [6.07, 6.45) is 11.4. The smallest absolute Gasteiger partial charge is 0.191 e. The van der Waals surface area contributed by atoms with E-state index in [1.165, 1.54) is 11.1 Å². The summed E-state index contributed by atoms with van der Waals surface area (Å²) >= 11 is 1.72. The fraction of sp³-hybridized carbons (Fsp3) is 0.452. The molecule has 0 amide bonds. The molecule has 0 bridgehead atoms. The maximum Gasteiger partial charge on any atom is 0.191 e. The second kappa shape index (κ2) is 19.1. The van der Waals surface area contributed by atoms with E-state index in [-0.39, 0.29) is 0 Å². The van der Waals surface area contributed by atoms with Crippen LogP contribution in [-0.4, -0.2) is 61.0 Å². The Bertz CT molecular complexity index is 1130. The van der Waals surface area contributed by atoms with Crippen LogP contribution in [0.5, 0.6) is 0 Å². The molecule has 0 fully saturated rings.